The highest BCUT2D eigenvalue weighted by molar-refractivity contribution is 8.06. The van der Waals surface area contributed by atoms with E-state index in [4.69, 9.17) is 4.74 Å². The van der Waals surface area contributed by atoms with E-state index in [1.54, 1.807) is 7.05 Å². The zero-order chi connectivity index (χ0) is 19.7. The average Bonchev–Trinajstić information content (AvgIpc) is 3.13. The zero-order valence-electron chi connectivity index (χ0n) is 14.7. The Hall–Kier alpha value is -2.12. The van der Waals surface area contributed by atoms with Crippen molar-refractivity contribution in [2.75, 3.05) is 12.5 Å². The second-order valence-electron chi connectivity index (χ2n) is 5.81. The molecule has 0 aromatic carbocycles. The minimum atomic E-state index is -0.834. The van der Waals surface area contributed by atoms with Crippen molar-refractivity contribution in [2.45, 2.75) is 30.5 Å². The molecule has 1 N–H and O–H groups in total. The maximum absolute atomic E-state index is 12.5. The zero-order valence-corrected chi connectivity index (χ0v) is 16.3. The van der Waals surface area contributed by atoms with Crippen molar-refractivity contribution in [1.29, 1.82) is 0 Å². The number of aliphatic hydroxyl groups is 1. The molecule has 1 aromatic heterocycles. The maximum atomic E-state index is 12.5. The van der Waals surface area contributed by atoms with Crippen LogP contribution in [0.5, 0.6) is 0 Å². The normalized spacial score (nSPS) is 22.4. The smallest absolute Gasteiger partial charge is 0.358 e. The Morgan fingerprint density at radius 3 is 2.74 bits per heavy atom. The monoisotopic (exact) mass is 415 g/mol. The van der Waals surface area contributed by atoms with E-state index >= 15 is 0 Å². The lowest BCUT2D eigenvalue weighted by Gasteiger charge is -2.43. The van der Waals surface area contributed by atoms with Gasteiger partial charge in [0.25, 0.3) is 0 Å². The Bertz CT molecular complexity index is 810. The lowest BCUT2D eigenvalue weighted by atomic mass is 9.92. The number of thioether (sulfide) groups is 2. The molecule has 0 bridgehead atoms. The molecule has 3 heterocycles. The maximum Gasteiger partial charge on any atom is 0.358 e. The number of ether oxygens (including phenoxy) is 2. The summed E-state index contributed by atoms with van der Waals surface area (Å²) in [7, 11) is 1.69. The molecule has 146 valence electrons. The summed E-state index contributed by atoms with van der Waals surface area (Å²) in [5.74, 6) is -1.96. The quantitative estimate of drug-likeness (QED) is 0.267. The summed E-state index contributed by atoms with van der Waals surface area (Å²) in [6.07, 6.45) is -0.834. The third kappa shape index (κ3) is 3.80. The van der Waals surface area contributed by atoms with E-state index in [1.165, 1.54) is 47.0 Å². The van der Waals surface area contributed by atoms with E-state index < -0.39 is 30.8 Å². The van der Waals surface area contributed by atoms with Crippen LogP contribution in [0.15, 0.2) is 15.8 Å². The van der Waals surface area contributed by atoms with Crippen LogP contribution < -0.4 is 0 Å². The van der Waals surface area contributed by atoms with Gasteiger partial charge in [-0.3, -0.25) is 14.5 Å². The molecule has 0 radical (unpaired) electrons. The number of esters is 2. The molecule has 2 aliphatic rings. The second-order valence-corrected chi connectivity index (χ2v) is 7.97. The van der Waals surface area contributed by atoms with Crippen molar-refractivity contribution in [2.24, 2.45) is 13.0 Å². The van der Waals surface area contributed by atoms with E-state index in [9.17, 15) is 19.5 Å². The molecule has 27 heavy (non-hydrogen) atoms. The molecule has 3 atom stereocenters. The molecular formula is C14H17N5O6S2. The fraction of sp³-hybridized carbons (Fsp3) is 0.571. The van der Waals surface area contributed by atoms with E-state index in [0.29, 0.717) is 15.8 Å². The number of aliphatic hydroxyl groups excluding tert-OH is 1. The minimum absolute atomic E-state index is 0.0988. The first kappa shape index (κ1) is 19.6. The summed E-state index contributed by atoms with van der Waals surface area (Å²) in [5, 5.41) is 21.2. The summed E-state index contributed by atoms with van der Waals surface area (Å²) >= 11 is 2.62. The summed E-state index contributed by atoms with van der Waals surface area (Å²) in [6.45, 7) is 2.19. The largest absolute Gasteiger partial charge is 0.428 e. The number of aryl methyl sites for hydroxylation is 1. The van der Waals surface area contributed by atoms with Gasteiger partial charge in [0.15, 0.2) is 0 Å². The molecule has 0 spiro atoms. The van der Waals surface area contributed by atoms with Gasteiger partial charge in [0.1, 0.15) is 11.1 Å². The summed E-state index contributed by atoms with van der Waals surface area (Å²) in [4.78, 5) is 37.6. The van der Waals surface area contributed by atoms with Crippen LogP contribution in [0, 0.1) is 5.92 Å². The standard InChI is InChI=1S/C14H17N5O6S2/c1-6(20)9-11(22)19-10(13(23)25-5-24-7(2)21)8(27-12(9)19)4-26-14-15-16-17-18(14)3/h6,9,12,20H,4-5H2,1-3H3/t6-,9+,12-/m1/s1. The topological polar surface area (TPSA) is 137 Å². The Kier molecular flexibility index (Phi) is 5.72. The molecule has 1 saturated heterocycles. The number of amides is 1. The third-order valence-electron chi connectivity index (χ3n) is 3.93. The molecule has 13 heteroatoms. The second kappa shape index (κ2) is 7.86. The van der Waals surface area contributed by atoms with Crippen LogP contribution in [0.4, 0.5) is 0 Å². The van der Waals surface area contributed by atoms with Gasteiger partial charge < -0.3 is 14.6 Å². The molecule has 2 aliphatic heterocycles. The van der Waals surface area contributed by atoms with Gasteiger partial charge in [-0.1, -0.05) is 11.8 Å². The van der Waals surface area contributed by atoms with Gasteiger partial charge in [0.05, 0.1) is 12.0 Å². The van der Waals surface area contributed by atoms with Gasteiger partial charge in [-0.2, -0.15) is 0 Å². The Morgan fingerprint density at radius 1 is 1.41 bits per heavy atom. The van der Waals surface area contributed by atoms with Crippen molar-refractivity contribution in [1.82, 2.24) is 25.1 Å². The van der Waals surface area contributed by atoms with Crippen molar-refractivity contribution in [3.63, 3.8) is 0 Å². The molecule has 1 fully saturated rings. The Labute approximate surface area is 162 Å². The first-order chi connectivity index (χ1) is 12.8. The van der Waals surface area contributed by atoms with Crippen LogP contribution >= 0.6 is 23.5 Å². The highest BCUT2D eigenvalue weighted by Gasteiger charge is 2.57. The first-order valence-corrected chi connectivity index (χ1v) is 9.74. The number of carbonyl (C=O) groups is 3. The lowest BCUT2D eigenvalue weighted by Crippen LogP contribution is -2.60. The highest BCUT2D eigenvalue weighted by Crippen LogP contribution is 2.51. The van der Waals surface area contributed by atoms with E-state index in [2.05, 4.69) is 20.3 Å². The lowest BCUT2D eigenvalue weighted by molar-refractivity contribution is -0.168. The highest BCUT2D eigenvalue weighted by atomic mass is 32.2. The van der Waals surface area contributed by atoms with Crippen molar-refractivity contribution in [3.05, 3.63) is 10.6 Å². The van der Waals surface area contributed by atoms with Gasteiger partial charge >= 0.3 is 11.9 Å². The number of rotatable bonds is 7. The molecule has 0 saturated carbocycles. The Balaban J connectivity index is 1.77. The number of fused-ring (bicyclic) bond motifs is 1. The van der Waals surface area contributed by atoms with E-state index in [-0.39, 0.29) is 17.0 Å². The Morgan fingerprint density at radius 2 is 2.15 bits per heavy atom. The van der Waals surface area contributed by atoms with Crippen LogP contribution in [-0.2, 0) is 30.9 Å². The molecule has 0 aliphatic carbocycles. The van der Waals surface area contributed by atoms with Crippen LogP contribution in [0.25, 0.3) is 0 Å². The fourth-order valence-electron chi connectivity index (χ4n) is 2.65. The van der Waals surface area contributed by atoms with Gasteiger partial charge in [-0.05, 0) is 17.4 Å². The molecule has 0 unspecified atom stereocenters. The molecule has 11 nitrogen and oxygen atoms in total. The number of β-lactam (4-membered cyclic amide) rings is 1. The number of hydrogen-bond donors (Lipinski definition) is 1. The predicted molar refractivity (Wildman–Crippen MR) is 92.7 cm³/mol. The molecule has 1 amide bonds. The summed E-state index contributed by atoms with van der Waals surface area (Å²) < 4.78 is 11.1. The van der Waals surface area contributed by atoms with Crippen molar-refractivity contribution < 1.29 is 29.0 Å². The number of tetrazole rings is 1. The van der Waals surface area contributed by atoms with Gasteiger partial charge in [0, 0.05) is 24.6 Å². The fourth-order valence-corrected chi connectivity index (χ4v) is 5.21. The third-order valence-corrected chi connectivity index (χ3v) is 6.52. The van der Waals surface area contributed by atoms with Crippen molar-refractivity contribution >= 4 is 41.4 Å². The summed E-state index contributed by atoms with van der Waals surface area (Å²) in [5.41, 5.74) is 0.0988. The van der Waals surface area contributed by atoms with Gasteiger partial charge in [0.2, 0.25) is 17.9 Å². The van der Waals surface area contributed by atoms with Crippen LogP contribution in [0.1, 0.15) is 13.8 Å². The van der Waals surface area contributed by atoms with Crippen LogP contribution in [-0.4, -0.2) is 72.1 Å². The minimum Gasteiger partial charge on any atom is -0.428 e. The van der Waals surface area contributed by atoms with E-state index in [0.717, 1.165) is 0 Å². The van der Waals surface area contributed by atoms with Crippen LogP contribution in [0.2, 0.25) is 0 Å². The number of carbonyl (C=O) groups excluding carboxylic acids is 3. The average molecular weight is 415 g/mol. The van der Waals surface area contributed by atoms with E-state index in [1.807, 2.05) is 0 Å². The first-order valence-electron chi connectivity index (χ1n) is 7.87. The van der Waals surface area contributed by atoms with Gasteiger partial charge in [-0.15, -0.1) is 16.9 Å². The molecule has 1 aromatic rings. The SMILES string of the molecule is CC(=O)OCOC(=O)C1=C(CSc2nnnn2C)S[C@@H]2[C@@H]([C@@H](C)O)C(=O)N12. The summed E-state index contributed by atoms with van der Waals surface area (Å²) in [6, 6.07) is 0. The van der Waals surface area contributed by atoms with Crippen molar-refractivity contribution in [3.8, 4) is 0 Å². The number of aromatic nitrogens is 4. The van der Waals surface area contributed by atoms with Gasteiger partial charge in [-0.25, -0.2) is 9.48 Å². The molecule has 3 rings (SSSR count). The van der Waals surface area contributed by atoms with Crippen LogP contribution in [0.3, 0.4) is 0 Å². The number of hydrogen-bond acceptors (Lipinski definition) is 11. The number of nitrogens with zero attached hydrogens (tertiary/aromatic N) is 5. The molecular weight excluding hydrogens is 398 g/mol. The predicted octanol–water partition coefficient (Wildman–Crippen LogP) is -0.510.